The maximum Gasteiger partial charge on any atom is 0.0464 e. The molecule has 0 heterocycles. The average Bonchev–Trinajstić information content (AvgIpc) is 2.83. The Kier molecular flexibility index (Phi) is 3.45. The Morgan fingerprint density at radius 3 is 2.43 bits per heavy atom. The number of fused-ring (bicyclic) bond motifs is 5. The Labute approximate surface area is 130 Å². The van der Waals surface area contributed by atoms with Crippen molar-refractivity contribution in [1.29, 1.82) is 0 Å². The van der Waals surface area contributed by atoms with Crippen molar-refractivity contribution in [3.8, 4) is 0 Å². The van der Waals surface area contributed by atoms with Gasteiger partial charge in [-0.2, -0.15) is 0 Å². The molecule has 21 heavy (non-hydrogen) atoms. The van der Waals surface area contributed by atoms with Gasteiger partial charge >= 0.3 is 0 Å². The Hall–Kier alpha value is -0.0400. The Bertz CT molecular complexity index is 405. The summed E-state index contributed by atoms with van der Waals surface area (Å²) in [6, 6.07) is 0. The van der Waals surface area contributed by atoms with Gasteiger partial charge in [0.25, 0.3) is 0 Å². The van der Waals surface area contributed by atoms with Crippen LogP contribution in [0.15, 0.2) is 0 Å². The van der Waals surface area contributed by atoms with E-state index in [1.807, 2.05) is 0 Å². The second kappa shape index (κ2) is 4.98. The maximum atomic E-state index is 9.80. The van der Waals surface area contributed by atoms with Gasteiger partial charge in [-0.1, -0.05) is 26.7 Å². The summed E-state index contributed by atoms with van der Waals surface area (Å²) in [5, 5.41) is 9.80. The third-order valence-electron chi connectivity index (χ3n) is 9.00. The zero-order chi connectivity index (χ0) is 14.7. The van der Waals surface area contributed by atoms with E-state index in [9.17, 15) is 5.11 Å². The Morgan fingerprint density at radius 1 is 0.810 bits per heavy atom. The van der Waals surface area contributed by atoms with Gasteiger partial charge in [-0.05, 0) is 91.8 Å². The summed E-state index contributed by atoms with van der Waals surface area (Å²) >= 11 is 0. The number of aliphatic hydroxyl groups excluding tert-OH is 1. The van der Waals surface area contributed by atoms with E-state index in [-0.39, 0.29) is 0 Å². The summed E-state index contributed by atoms with van der Waals surface area (Å²) in [5.41, 5.74) is 1.13. The molecule has 1 unspecified atom stereocenters. The van der Waals surface area contributed by atoms with E-state index in [0.717, 1.165) is 23.7 Å². The van der Waals surface area contributed by atoms with Crippen LogP contribution in [0, 0.1) is 40.4 Å². The van der Waals surface area contributed by atoms with Crippen molar-refractivity contribution in [2.75, 3.05) is 6.61 Å². The molecule has 4 fully saturated rings. The third kappa shape index (κ3) is 1.92. The molecular weight excluding hydrogens is 256 g/mol. The van der Waals surface area contributed by atoms with E-state index in [4.69, 9.17) is 0 Å². The highest BCUT2D eigenvalue weighted by Crippen LogP contribution is 2.67. The van der Waals surface area contributed by atoms with Crippen LogP contribution in [-0.2, 0) is 0 Å². The van der Waals surface area contributed by atoms with E-state index < -0.39 is 0 Å². The van der Waals surface area contributed by atoms with Gasteiger partial charge in [-0.3, -0.25) is 0 Å². The van der Waals surface area contributed by atoms with Gasteiger partial charge in [0, 0.05) is 6.61 Å². The van der Waals surface area contributed by atoms with Crippen LogP contribution in [-0.4, -0.2) is 11.7 Å². The van der Waals surface area contributed by atoms with Crippen LogP contribution in [0.2, 0.25) is 0 Å². The molecular formula is C20H34O. The Balaban J connectivity index is 1.62. The maximum absolute atomic E-state index is 9.80. The van der Waals surface area contributed by atoms with E-state index in [0.29, 0.717) is 23.4 Å². The van der Waals surface area contributed by atoms with Crippen molar-refractivity contribution in [1.82, 2.24) is 0 Å². The van der Waals surface area contributed by atoms with Gasteiger partial charge in [0.15, 0.2) is 0 Å². The normalized spacial score (nSPS) is 56.4. The van der Waals surface area contributed by atoms with Gasteiger partial charge in [0.05, 0.1) is 0 Å². The molecule has 0 bridgehead atoms. The van der Waals surface area contributed by atoms with Gasteiger partial charge in [0.1, 0.15) is 0 Å². The molecule has 0 aromatic heterocycles. The quantitative estimate of drug-likeness (QED) is 0.718. The molecule has 4 rings (SSSR count). The minimum atomic E-state index is 0.435. The summed E-state index contributed by atoms with van der Waals surface area (Å²) in [6.45, 7) is 5.62. The first-order chi connectivity index (χ1) is 10.1. The molecule has 7 atom stereocenters. The first-order valence-electron chi connectivity index (χ1n) is 9.70. The topological polar surface area (TPSA) is 20.2 Å². The van der Waals surface area contributed by atoms with Crippen LogP contribution in [0.5, 0.6) is 0 Å². The average molecular weight is 290 g/mol. The lowest BCUT2D eigenvalue weighted by Gasteiger charge is -2.60. The SMILES string of the molecule is C[C@]12CC[C@H]3[C@@H](CCC4CCCC[C@@]43C)[C@@H]1CC[C@@H]2CO. The van der Waals surface area contributed by atoms with Crippen molar-refractivity contribution in [3.63, 3.8) is 0 Å². The fraction of sp³-hybridized carbons (Fsp3) is 1.00. The smallest absolute Gasteiger partial charge is 0.0464 e. The van der Waals surface area contributed by atoms with Crippen molar-refractivity contribution in [2.24, 2.45) is 40.4 Å². The summed E-state index contributed by atoms with van der Waals surface area (Å²) in [4.78, 5) is 0. The van der Waals surface area contributed by atoms with Gasteiger partial charge in [-0.25, -0.2) is 0 Å². The van der Waals surface area contributed by atoms with Crippen LogP contribution in [0.4, 0.5) is 0 Å². The predicted molar refractivity (Wildman–Crippen MR) is 86.9 cm³/mol. The van der Waals surface area contributed by atoms with E-state index in [1.54, 1.807) is 0 Å². The van der Waals surface area contributed by atoms with Crippen LogP contribution in [0.25, 0.3) is 0 Å². The summed E-state index contributed by atoms with van der Waals surface area (Å²) in [6.07, 6.45) is 14.6. The summed E-state index contributed by atoms with van der Waals surface area (Å²) in [5.74, 6) is 4.55. The van der Waals surface area contributed by atoms with Crippen LogP contribution >= 0.6 is 0 Å². The summed E-state index contributed by atoms with van der Waals surface area (Å²) < 4.78 is 0. The van der Waals surface area contributed by atoms with Crippen molar-refractivity contribution < 1.29 is 5.11 Å². The molecule has 120 valence electrons. The zero-order valence-electron chi connectivity index (χ0n) is 14.1. The van der Waals surface area contributed by atoms with Gasteiger partial charge < -0.3 is 5.11 Å². The lowest BCUT2D eigenvalue weighted by molar-refractivity contribution is -0.113. The van der Waals surface area contributed by atoms with Gasteiger partial charge in [-0.15, -0.1) is 0 Å². The first-order valence-corrected chi connectivity index (χ1v) is 9.70. The van der Waals surface area contributed by atoms with E-state index in [2.05, 4.69) is 13.8 Å². The zero-order valence-corrected chi connectivity index (χ0v) is 14.1. The molecule has 0 aromatic rings. The third-order valence-corrected chi connectivity index (χ3v) is 9.00. The molecule has 0 amide bonds. The first kappa shape index (κ1) is 14.5. The molecule has 0 saturated heterocycles. The number of hydrogen-bond donors (Lipinski definition) is 1. The molecule has 4 saturated carbocycles. The molecule has 0 radical (unpaired) electrons. The second-order valence-corrected chi connectivity index (χ2v) is 9.40. The van der Waals surface area contributed by atoms with Crippen LogP contribution in [0.1, 0.15) is 78.1 Å². The molecule has 1 nitrogen and oxygen atoms in total. The fourth-order valence-corrected chi connectivity index (χ4v) is 7.70. The molecule has 0 aliphatic heterocycles. The molecule has 1 N–H and O–H groups in total. The molecule has 0 aromatic carbocycles. The molecule has 4 aliphatic rings. The highest BCUT2D eigenvalue weighted by molar-refractivity contribution is 5.08. The van der Waals surface area contributed by atoms with E-state index in [1.165, 1.54) is 64.2 Å². The number of hydrogen-bond acceptors (Lipinski definition) is 1. The highest BCUT2D eigenvalue weighted by Gasteiger charge is 2.59. The molecule has 4 aliphatic carbocycles. The molecule has 0 spiro atoms. The fourth-order valence-electron chi connectivity index (χ4n) is 7.70. The monoisotopic (exact) mass is 290 g/mol. The standard InChI is InChI=1S/C20H34O/c1-19-11-4-3-5-14(19)6-8-16-17-9-7-15(13-21)20(17,2)12-10-18(16)19/h14-18,21H,3-13H2,1-2H3/t14?,15-,16+,17+,18+,19+,20-/m1/s1. The minimum absolute atomic E-state index is 0.435. The largest absolute Gasteiger partial charge is 0.396 e. The van der Waals surface area contributed by atoms with Crippen molar-refractivity contribution in [3.05, 3.63) is 0 Å². The minimum Gasteiger partial charge on any atom is -0.396 e. The van der Waals surface area contributed by atoms with Gasteiger partial charge in [0.2, 0.25) is 0 Å². The molecule has 1 heteroatoms. The number of aliphatic hydroxyl groups is 1. The van der Waals surface area contributed by atoms with Crippen molar-refractivity contribution in [2.45, 2.75) is 78.1 Å². The highest BCUT2D eigenvalue weighted by atomic mass is 16.3. The Morgan fingerprint density at radius 2 is 1.62 bits per heavy atom. The lowest BCUT2D eigenvalue weighted by Crippen LogP contribution is -2.52. The summed E-state index contributed by atoms with van der Waals surface area (Å²) in [7, 11) is 0. The second-order valence-electron chi connectivity index (χ2n) is 9.40. The lowest BCUT2D eigenvalue weighted by atomic mass is 9.45. The predicted octanol–water partition coefficient (Wildman–Crippen LogP) is 5.03. The van der Waals surface area contributed by atoms with E-state index >= 15 is 0 Å². The van der Waals surface area contributed by atoms with Crippen molar-refractivity contribution >= 4 is 0 Å². The van der Waals surface area contributed by atoms with Crippen LogP contribution < -0.4 is 0 Å². The van der Waals surface area contributed by atoms with Crippen LogP contribution in [0.3, 0.4) is 0 Å². The number of rotatable bonds is 1.